The van der Waals surface area contributed by atoms with Gasteiger partial charge in [0.05, 0.1) is 18.5 Å². The van der Waals surface area contributed by atoms with E-state index in [1.165, 1.54) is 0 Å². The first-order valence-electron chi connectivity index (χ1n) is 5.41. The maximum Gasteiger partial charge on any atom is 0.225 e. The van der Waals surface area contributed by atoms with Crippen molar-refractivity contribution < 1.29 is 4.74 Å². The Labute approximate surface area is 101 Å². The molecule has 1 saturated heterocycles. The van der Waals surface area contributed by atoms with Gasteiger partial charge in [-0.25, -0.2) is 9.97 Å². The molecule has 0 spiro atoms. The minimum atomic E-state index is 0.390. The van der Waals surface area contributed by atoms with Crippen LogP contribution in [0.4, 0.5) is 5.95 Å². The van der Waals surface area contributed by atoms with Crippen molar-refractivity contribution in [2.45, 2.75) is 25.3 Å². The average Bonchev–Trinajstić information content (AvgIpc) is 2.81. The number of rotatable bonds is 3. The van der Waals surface area contributed by atoms with E-state index in [1.54, 1.807) is 6.20 Å². The van der Waals surface area contributed by atoms with E-state index in [1.807, 2.05) is 14.0 Å². The number of likely N-dealkylation sites (N-methyl/N-ethyl adjacent to an activating group) is 1. The predicted molar refractivity (Wildman–Crippen MR) is 64.0 cm³/mol. The summed E-state index contributed by atoms with van der Waals surface area (Å²) in [4.78, 5) is 10.9. The summed E-state index contributed by atoms with van der Waals surface area (Å²) in [5, 5.41) is 0. The van der Waals surface area contributed by atoms with Crippen LogP contribution in [-0.4, -0.2) is 36.3 Å². The summed E-state index contributed by atoms with van der Waals surface area (Å²) in [5.74, 6) is 1.21. The van der Waals surface area contributed by atoms with Gasteiger partial charge in [-0.15, -0.1) is 11.6 Å². The van der Waals surface area contributed by atoms with Crippen molar-refractivity contribution >= 4 is 17.5 Å². The van der Waals surface area contributed by atoms with E-state index in [0.29, 0.717) is 11.9 Å². The molecule has 0 saturated carbocycles. The molecule has 0 bridgehead atoms. The lowest BCUT2D eigenvalue weighted by atomic mass is 10.2. The zero-order valence-corrected chi connectivity index (χ0v) is 10.4. The Kier molecular flexibility index (Phi) is 3.61. The van der Waals surface area contributed by atoms with Crippen molar-refractivity contribution in [1.29, 1.82) is 0 Å². The van der Waals surface area contributed by atoms with Crippen molar-refractivity contribution in [3.05, 3.63) is 17.5 Å². The molecule has 1 aliphatic rings. The van der Waals surface area contributed by atoms with Crippen molar-refractivity contribution in [1.82, 2.24) is 9.97 Å². The van der Waals surface area contributed by atoms with Crippen LogP contribution in [0.15, 0.2) is 6.20 Å². The van der Waals surface area contributed by atoms with E-state index in [9.17, 15) is 0 Å². The fraction of sp³-hybridized carbons (Fsp3) is 0.636. The molecule has 4 nitrogen and oxygen atoms in total. The molecule has 88 valence electrons. The van der Waals surface area contributed by atoms with E-state index in [0.717, 1.165) is 36.8 Å². The van der Waals surface area contributed by atoms with E-state index in [-0.39, 0.29) is 0 Å². The van der Waals surface area contributed by atoms with Gasteiger partial charge in [-0.3, -0.25) is 0 Å². The van der Waals surface area contributed by atoms with E-state index in [2.05, 4.69) is 14.9 Å². The van der Waals surface area contributed by atoms with Crippen molar-refractivity contribution in [2.24, 2.45) is 0 Å². The number of anilines is 1. The first-order valence-corrected chi connectivity index (χ1v) is 5.95. The molecule has 1 unspecified atom stereocenters. The van der Waals surface area contributed by atoms with Gasteiger partial charge < -0.3 is 9.64 Å². The van der Waals surface area contributed by atoms with E-state index in [4.69, 9.17) is 16.3 Å². The first-order chi connectivity index (χ1) is 7.72. The van der Waals surface area contributed by atoms with Gasteiger partial charge in [0.2, 0.25) is 5.95 Å². The van der Waals surface area contributed by atoms with Gasteiger partial charge in [0, 0.05) is 31.1 Å². The van der Waals surface area contributed by atoms with Crippen molar-refractivity contribution in [3.8, 4) is 0 Å². The van der Waals surface area contributed by atoms with Crippen LogP contribution in [0.1, 0.15) is 17.7 Å². The van der Waals surface area contributed by atoms with Crippen LogP contribution in [0.2, 0.25) is 0 Å². The molecular weight excluding hydrogens is 226 g/mol. The summed E-state index contributed by atoms with van der Waals surface area (Å²) >= 11 is 5.78. The molecule has 1 aromatic rings. The molecule has 2 rings (SSSR count). The molecule has 1 atom stereocenters. The number of ether oxygens (including phenoxy) is 1. The molecule has 1 aliphatic heterocycles. The highest BCUT2D eigenvalue weighted by molar-refractivity contribution is 6.17. The normalized spacial score (nSPS) is 20.1. The fourth-order valence-electron chi connectivity index (χ4n) is 1.77. The van der Waals surface area contributed by atoms with Crippen molar-refractivity contribution in [2.75, 3.05) is 25.2 Å². The average molecular weight is 242 g/mol. The van der Waals surface area contributed by atoms with Crippen LogP contribution in [0, 0.1) is 6.92 Å². The Balaban J connectivity index is 2.16. The SMILES string of the molecule is Cc1nc(N(C)C2CCOC2)ncc1CCl. The van der Waals surface area contributed by atoms with E-state index < -0.39 is 0 Å². The number of aryl methyl sites for hydroxylation is 1. The van der Waals surface area contributed by atoms with Crippen LogP contribution in [0.3, 0.4) is 0 Å². The lowest BCUT2D eigenvalue weighted by Gasteiger charge is -2.23. The quantitative estimate of drug-likeness (QED) is 0.756. The molecule has 0 aromatic carbocycles. The third-order valence-electron chi connectivity index (χ3n) is 2.98. The molecule has 5 heteroatoms. The first kappa shape index (κ1) is 11.6. The standard InChI is InChI=1S/C11H16ClN3O/c1-8-9(5-12)6-13-11(14-8)15(2)10-3-4-16-7-10/h6,10H,3-5,7H2,1-2H3. The Morgan fingerprint density at radius 2 is 2.44 bits per heavy atom. The number of aromatic nitrogens is 2. The zero-order chi connectivity index (χ0) is 11.5. The number of hydrogen-bond donors (Lipinski definition) is 0. The third kappa shape index (κ3) is 2.28. The molecular formula is C11H16ClN3O. The fourth-order valence-corrected chi connectivity index (χ4v) is 2.03. The molecule has 1 fully saturated rings. The topological polar surface area (TPSA) is 38.2 Å². The maximum absolute atomic E-state index is 5.78. The molecule has 1 aromatic heterocycles. The lowest BCUT2D eigenvalue weighted by Crippen LogP contribution is -2.33. The predicted octanol–water partition coefficient (Wildman–Crippen LogP) is 1.75. The number of hydrogen-bond acceptors (Lipinski definition) is 4. The molecule has 0 N–H and O–H groups in total. The van der Waals surface area contributed by atoms with Gasteiger partial charge in [0.1, 0.15) is 0 Å². The number of alkyl halides is 1. The third-order valence-corrected chi connectivity index (χ3v) is 3.27. The minimum Gasteiger partial charge on any atom is -0.379 e. The summed E-state index contributed by atoms with van der Waals surface area (Å²) in [6.07, 6.45) is 2.84. The summed E-state index contributed by atoms with van der Waals surface area (Å²) in [6.45, 7) is 3.55. The molecule has 0 radical (unpaired) electrons. The Bertz CT molecular complexity index is 366. The summed E-state index contributed by atoms with van der Waals surface area (Å²) in [7, 11) is 2.01. The van der Waals surface area contributed by atoms with Crippen LogP contribution < -0.4 is 4.90 Å². The van der Waals surface area contributed by atoms with Crippen LogP contribution >= 0.6 is 11.6 Å². The van der Waals surface area contributed by atoms with Crippen LogP contribution in [0.5, 0.6) is 0 Å². The van der Waals surface area contributed by atoms with Gasteiger partial charge in [-0.2, -0.15) is 0 Å². The minimum absolute atomic E-state index is 0.390. The molecule has 0 aliphatic carbocycles. The highest BCUT2D eigenvalue weighted by Gasteiger charge is 2.22. The largest absolute Gasteiger partial charge is 0.379 e. The Morgan fingerprint density at radius 3 is 3.00 bits per heavy atom. The van der Waals surface area contributed by atoms with Gasteiger partial charge in [0.15, 0.2) is 0 Å². The molecule has 2 heterocycles. The zero-order valence-electron chi connectivity index (χ0n) is 9.61. The van der Waals surface area contributed by atoms with Gasteiger partial charge in [-0.1, -0.05) is 0 Å². The van der Waals surface area contributed by atoms with Gasteiger partial charge in [0.25, 0.3) is 0 Å². The highest BCUT2D eigenvalue weighted by Crippen LogP contribution is 2.17. The van der Waals surface area contributed by atoms with Gasteiger partial charge in [-0.05, 0) is 13.3 Å². The smallest absolute Gasteiger partial charge is 0.225 e. The summed E-state index contributed by atoms with van der Waals surface area (Å²) in [6, 6.07) is 0.390. The van der Waals surface area contributed by atoms with Crippen LogP contribution in [-0.2, 0) is 10.6 Å². The number of nitrogens with zero attached hydrogens (tertiary/aromatic N) is 3. The van der Waals surface area contributed by atoms with E-state index >= 15 is 0 Å². The molecule has 0 amide bonds. The second-order valence-electron chi connectivity index (χ2n) is 4.04. The van der Waals surface area contributed by atoms with Crippen LogP contribution in [0.25, 0.3) is 0 Å². The monoisotopic (exact) mass is 241 g/mol. The lowest BCUT2D eigenvalue weighted by molar-refractivity contribution is 0.193. The second-order valence-corrected chi connectivity index (χ2v) is 4.31. The summed E-state index contributed by atoms with van der Waals surface area (Å²) < 4.78 is 5.36. The molecule has 16 heavy (non-hydrogen) atoms. The Hall–Kier alpha value is -0.870. The Morgan fingerprint density at radius 1 is 1.62 bits per heavy atom. The summed E-state index contributed by atoms with van der Waals surface area (Å²) in [5.41, 5.74) is 1.94. The maximum atomic E-state index is 5.78. The van der Waals surface area contributed by atoms with Crippen molar-refractivity contribution in [3.63, 3.8) is 0 Å². The highest BCUT2D eigenvalue weighted by atomic mass is 35.5. The second kappa shape index (κ2) is 4.97. The number of halogens is 1. The van der Waals surface area contributed by atoms with Gasteiger partial charge >= 0.3 is 0 Å².